The Morgan fingerprint density at radius 2 is 1.80 bits per heavy atom. The van der Waals surface area contributed by atoms with Gasteiger partial charge >= 0.3 is 6.18 Å². The van der Waals surface area contributed by atoms with Crippen LogP contribution in [0.5, 0.6) is 0 Å². The molecule has 0 spiro atoms. The van der Waals surface area contributed by atoms with Gasteiger partial charge < -0.3 is 0 Å². The number of para-hydroxylation sites is 1. The van der Waals surface area contributed by atoms with Crippen LogP contribution in [-0.2, 0) is 11.0 Å². The van der Waals surface area contributed by atoms with Gasteiger partial charge in [0.2, 0.25) is 6.08 Å². The Bertz CT molecular complexity index is 691. The van der Waals surface area contributed by atoms with Gasteiger partial charge in [0, 0.05) is 5.56 Å². The van der Waals surface area contributed by atoms with Crippen molar-refractivity contribution in [3.63, 3.8) is 0 Å². The van der Waals surface area contributed by atoms with Gasteiger partial charge in [-0.3, -0.25) is 0 Å². The molecule has 0 aliphatic heterocycles. The van der Waals surface area contributed by atoms with Gasteiger partial charge in [0.15, 0.2) is 0 Å². The lowest BCUT2D eigenvalue weighted by Crippen LogP contribution is -2.05. The standard InChI is InChI=1S/C14H7ClF3NO/c15-12-6-5-9(7-11(12)14(16,17)18)10-3-1-2-4-13(10)19-8-20/h1-7H. The number of carbonyl (C=O) groups excluding carboxylic acids is 1. The first-order valence-corrected chi connectivity index (χ1v) is 5.85. The third kappa shape index (κ3) is 2.90. The molecule has 6 heteroatoms. The Kier molecular flexibility index (Phi) is 3.93. The Balaban J connectivity index is 2.63. The smallest absolute Gasteiger partial charge is 0.211 e. The van der Waals surface area contributed by atoms with E-state index in [0.717, 1.165) is 6.07 Å². The zero-order valence-corrected chi connectivity index (χ0v) is 10.7. The number of aliphatic imine (C=N–C) groups is 1. The maximum absolute atomic E-state index is 12.8. The number of hydrogen-bond acceptors (Lipinski definition) is 2. The third-order valence-corrected chi connectivity index (χ3v) is 2.98. The van der Waals surface area contributed by atoms with Gasteiger partial charge in [-0.25, -0.2) is 4.79 Å². The van der Waals surface area contributed by atoms with Gasteiger partial charge in [-0.15, -0.1) is 0 Å². The van der Waals surface area contributed by atoms with Gasteiger partial charge in [-0.1, -0.05) is 35.9 Å². The first-order valence-electron chi connectivity index (χ1n) is 5.47. The second-order valence-electron chi connectivity index (χ2n) is 3.91. The van der Waals surface area contributed by atoms with Gasteiger partial charge in [0.05, 0.1) is 16.3 Å². The van der Waals surface area contributed by atoms with E-state index in [1.54, 1.807) is 18.2 Å². The van der Waals surface area contributed by atoms with Crippen molar-refractivity contribution >= 4 is 23.4 Å². The van der Waals surface area contributed by atoms with Crippen LogP contribution in [0.2, 0.25) is 5.02 Å². The fourth-order valence-electron chi connectivity index (χ4n) is 1.77. The minimum Gasteiger partial charge on any atom is -0.211 e. The molecule has 0 bridgehead atoms. The normalized spacial score (nSPS) is 11.0. The molecule has 20 heavy (non-hydrogen) atoms. The average molecular weight is 298 g/mol. The summed E-state index contributed by atoms with van der Waals surface area (Å²) in [5, 5.41) is -0.377. The van der Waals surface area contributed by atoms with E-state index in [0.29, 0.717) is 5.56 Å². The minimum absolute atomic E-state index is 0.248. The van der Waals surface area contributed by atoms with Gasteiger partial charge in [-0.2, -0.15) is 18.2 Å². The quantitative estimate of drug-likeness (QED) is 0.567. The molecule has 0 radical (unpaired) electrons. The molecular formula is C14H7ClF3NO. The predicted molar refractivity (Wildman–Crippen MR) is 69.7 cm³/mol. The van der Waals surface area contributed by atoms with E-state index >= 15 is 0 Å². The van der Waals surface area contributed by atoms with Crippen LogP contribution in [0.15, 0.2) is 47.5 Å². The molecule has 0 amide bonds. The molecule has 2 aromatic rings. The molecule has 2 rings (SSSR count). The fourth-order valence-corrected chi connectivity index (χ4v) is 2.00. The van der Waals surface area contributed by atoms with E-state index in [4.69, 9.17) is 11.6 Å². The van der Waals surface area contributed by atoms with Gasteiger partial charge in [0.25, 0.3) is 0 Å². The predicted octanol–water partition coefficient (Wildman–Crippen LogP) is 4.99. The molecule has 0 aromatic heterocycles. The highest BCUT2D eigenvalue weighted by Gasteiger charge is 2.33. The van der Waals surface area contributed by atoms with Crippen molar-refractivity contribution in [3.8, 4) is 11.1 Å². The van der Waals surface area contributed by atoms with E-state index in [9.17, 15) is 18.0 Å². The lowest BCUT2D eigenvalue weighted by molar-refractivity contribution is -0.137. The molecule has 102 valence electrons. The van der Waals surface area contributed by atoms with Crippen LogP contribution in [0.1, 0.15) is 5.56 Å². The molecule has 0 fully saturated rings. The Hall–Kier alpha value is -2.10. The second-order valence-corrected chi connectivity index (χ2v) is 4.32. The van der Waals surface area contributed by atoms with Crippen molar-refractivity contribution in [2.24, 2.45) is 4.99 Å². The first kappa shape index (κ1) is 14.3. The fraction of sp³-hybridized carbons (Fsp3) is 0.0714. The number of nitrogens with zero attached hydrogens (tertiary/aromatic N) is 1. The van der Waals surface area contributed by atoms with Crippen LogP contribution in [0.4, 0.5) is 18.9 Å². The number of isocyanates is 1. The van der Waals surface area contributed by atoms with Crippen molar-refractivity contribution in [1.82, 2.24) is 0 Å². The SMILES string of the molecule is O=C=Nc1ccccc1-c1ccc(Cl)c(C(F)(F)F)c1. The van der Waals surface area contributed by atoms with Crippen LogP contribution >= 0.6 is 11.6 Å². The molecule has 0 unspecified atom stereocenters. The average Bonchev–Trinajstić information content (AvgIpc) is 2.39. The lowest BCUT2D eigenvalue weighted by Gasteiger charge is -2.11. The van der Waals surface area contributed by atoms with Crippen LogP contribution in [0, 0.1) is 0 Å². The van der Waals surface area contributed by atoms with E-state index in [-0.39, 0.29) is 16.3 Å². The summed E-state index contributed by atoms with van der Waals surface area (Å²) in [6, 6.07) is 9.89. The van der Waals surface area contributed by atoms with E-state index in [1.807, 2.05) is 0 Å². The lowest BCUT2D eigenvalue weighted by atomic mass is 10.0. The largest absolute Gasteiger partial charge is 0.417 e. The van der Waals surface area contributed by atoms with Crippen LogP contribution < -0.4 is 0 Å². The van der Waals surface area contributed by atoms with E-state index < -0.39 is 11.7 Å². The van der Waals surface area contributed by atoms with Gasteiger partial charge in [0.1, 0.15) is 0 Å². The first-order chi connectivity index (χ1) is 9.43. The summed E-state index contributed by atoms with van der Waals surface area (Å²) in [4.78, 5) is 13.8. The summed E-state index contributed by atoms with van der Waals surface area (Å²) < 4.78 is 38.5. The van der Waals surface area contributed by atoms with Gasteiger partial charge in [-0.05, 0) is 23.8 Å². The maximum Gasteiger partial charge on any atom is 0.417 e. The van der Waals surface area contributed by atoms with Crippen molar-refractivity contribution in [2.75, 3.05) is 0 Å². The van der Waals surface area contributed by atoms with Crippen molar-refractivity contribution in [1.29, 1.82) is 0 Å². The minimum atomic E-state index is -4.55. The van der Waals surface area contributed by atoms with Crippen LogP contribution in [0.3, 0.4) is 0 Å². The second kappa shape index (κ2) is 5.49. The van der Waals surface area contributed by atoms with Crippen molar-refractivity contribution in [3.05, 3.63) is 53.1 Å². The zero-order valence-electron chi connectivity index (χ0n) is 9.91. The Morgan fingerprint density at radius 1 is 1.10 bits per heavy atom. The molecule has 0 aliphatic carbocycles. The maximum atomic E-state index is 12.8. The Morgan fingerprint density at radius 3 is 2.45 bits per heavy atom. The molecule has 0 saturated carbocycles. The van der Waals surface area contributed by atoms with E-state index in [2.05, 4.69) is 4.99 Å². The summed E-state index contributed by atoms with van der Waals surface area (Å²) in [5.41, 5.74) is -0.00570. The number of benzene rings is 2. The molecule has 0 saturated heterocycles. The summed E-state index contributed by atoms with van der Waals surface area (Å²) in [7, 11) is 0. The molecular weight excluding hydrogens is 291 g/mol. The number of rotatable bonds is 2. The molecule has 2 aromatic carbocycles. The summed E-state index contributed by atoms with van der Waals surface area (Å²) in [6.45, 7) is 0. The highest BCUT2D eigenvalue weighted by molar-refractivity contribution is 6.31. The highest BCUT2D eigenvalue weighted by Crippen LogP contribution is 2.38. The topological polar surface area (TPSA) is 29.4 Å². The summed E-state index contributed by atoms with van der Waals surface area (Å²) in [5.74, 6) is 0. The van der Waals surface area contributed by atoms with Crippen LogP contribution in [-0.4, -0.2) is 6.08 Å². The van der Waals surface area contributed by atoms with Crippen molar-refractivity contribution < 1.29 is 18.0 Å². The zero-order chi connectivity index (χ0) is 14.8. The number of hydrogen-bond donors (Lipinski definition) is 0. The molecule has 2 nitrogen and oxygen atoms in total. The van der Waals surface area contributed by atoms with Crippen LogP contribution in [0.25, 0.3) is 11.1 Å². The monoisotopic (exact) mass is 297 g/mol. The summed E-state index contributed by atoms with van der Waals surface area (Å²) in [6.07, 6.45) is -3.17. The Labute approximate surface area is 117 Å². The molecule has 0 N–H and O–H groups in total. The summed E-state index contributed by atoms with van der Waals surface area (Å²) >= 11 is 5.56. The van der Waals surface area contributed by atoms with E-state index in [1.165, 1.54) is 24.3 Å². The highest BCUT2D eigenvalue weighted by atomic mass is 35.5. The number of alkyl halides is 3. The van der Waals surface area contributed by atoms with Crippen molar-refractivity contribution in [2.45, 2.75) is 6.18 Å². The molecule has 0 heterocycles. The number of halogens is 4. The molecule has 0 atom stereocenters. The molecule has 0 aliphatic rings. The third-order valence-electron chi connectivity index (χ3n) is 2.65.